The highest BCUT2D eigenvalue weighted by Gasteiger charge is 2.38. The van der Waals surface area contributed by atoms with E-state index in [9.17, 15) is 13.2 Å². The van der Waals surface area contributed by atoms with Gasteiger partial charge in [0.05, 0.1) is 5.56 Å². The Morgan fingerprint density at radius 1 is 1.05 bits per heavy atom. The molecule has 0 spiro atoms. The first-order valence-corrected chi connectivity index (χ1v) is 7.01. The Hall–Kier alpha value is -1.19. The molecular formula is C15H18F3N. The zero-order chi connectivity index (χ0) is 13.5. The topological polar surface area (TPSA) is 12.0 Å². The van der Waals surface area contributed by atoms with Crippen molar-refractivity contribution in [2.45, 2.75) is 50.7 Å². The number of para-hydroxylation sites is 1. The SMILES string of the molecule is FC(F)(F)c1cccc2c1NC(C1CCCCC1)C2. The van der Waals surface area contributed by atoms with Crippen LogP contribution in [0.3, 0.4) is 0 Å². The molecule has 1 unspecified atom stereocenters. The summed E-state index contributed by atoms with van der Waals surface area (Å²) in [4.78, 5) is 0. The predicted molar refractivity (Wildman–Crippen MR) is 69.1 cm³/mol. The van der Waals surface area contributed by atoms with Gasteiger partial charge in [0.1, 0.15) is 0 Å². The maximum absolute atomic E-state index is 13.0. The lowest BCUT2D eigenvalue weighted by molar-refractivity contribution is -0.136. The molecule has 4 heteroatoms. The highest BCUT2D eigenvalue weighted by Crippen LogP contribution is 2.42. The van der Waals surface area contributed by atoms with Crippen molar-refractivity contribution in [3.05, 3.63) is 29.3 Å². The van der Waals surface area contributed by atoms with Gasteiger partial charge in [0, 0.05) is 11.7 Å². The summed E-state index contributed by atoms with van der Waals surface area (Å²) < 4.78 is 38.9. The highest BCUT2D eigenvalue weighted by molar-refractivity contribution is 5.63. The molecule has 0 bridgehead atoms. The van der Waals surface area contributed by atoms with E-state index in [-0.39, 0.29) is 6.04 Å². The maximum Gasteiger partial charge on any atom is 0.418 e. The lowest BCUT2D eigenvalue weighted by atomic mass is 9.83. The Kier molecular flexibility index (Phi) is 3.19. The zero-order valence-corrected chi connectivity index (χ0v) is 10.8. The summed E-state index contributed by atoms with van der Waals surface area (Å²) in [6, 6.07) is 4.71. The molecule has 1 aliphatic heterocycles. The zero-order valence-electron chi connectivity index (χ0n) is 10.8. The molecule has 1 aliphatic carbocycles. The third-order valence-corrected chi connectivity index (χ3v) is 4.44. The molecule has 1 aromatic carbocycles. The normalized spacial score (nSPS) is 24.1. The van der Waals surface area contributed by atoms with Crippen LogP contribution in [0.1, 0.15) is 43.2 Å². The molecule has 1 saturated carbocycles. The van der Waals surface area contributed by atoms with Crippen LogP contribution in [0.15, 0.2) is 18.2 Å². The molecule has 0 saturated heterocycles. The number of alkyl halides is 3. The fraction of sp³-hybridized carbons (Fsp3) is 0.600. The number of fused-ring (bicyclic) bond motifs is 1. The summed E-state index contributed by atoms with van der Waals surface area (Å²) in [6.45, 7) is 0. The molecule has 2 aliphatic rings. The summed E-state index contributed by atoms with van der Waals surface area (Å²) in [5.74, 6) is 0.530. The number of hydrogen-bond donors (Lipinski definition) is 1. The molecule has 1 atom stereocenters. The van der Waals surface area contributed by atoms with E-state index in [2.05, 4.69) is 5.32 Å². The van der Waals surface area contributed by atoms with Crippen LogP contribution in [0.2, 0.25) is 0 Å². The Balaban J connectivity index is 1.83. The number of nitrogens with one attached hydrogen (secondary N) is 1. The summed E-state index contributed by atoms with van der Waals surface area (Å²) >= 11 is 0. The average molecular weight is 269 g/mol. The quantitative estimate of drug-likeness (QED) is 0.784. The molecule has 104 valence electrons. The van der Waals surface area contributed by atoms with Gasteiger partial charge in [0.2, 0.25) is 0 Å². The van der Waals surface area contributed by atoms with E-state index in [1.165, 1.54) is 31.4 Å². The molecule has 1 heterocycles. The fourth-order valence-corrected chi connectivity index (χ4v) is 3.47. The molecule has 19 heavy (non-hydrogen) atoms. The summed E-state index contributed by atoms with van der Waals surface area (Å²) in [5.41, 5.74) is 0.638. The van der Waals surface area contributed by atoms with Crippen LogP contribution in [0.25, 0.3) is 0 Å². The van der Waals surface area contributed by atoms with Crippen LogP contribution < -0.4 is 5.32 Å². The number of halogens is 3. The fourth-order valence-electron chi connectivity index (χ4n) is 3.47. The summed E-state index contributed by atoms with van der Waals surface area (Å²) in [7, 11) is 0. The molecule has 1 aromatic rings. The molecule has 1 nitrogen and oxygen atoms in total. The minimum absolute atomic E-state index is 0.193. The van der Waals surface area contributed by atoms with E-state index in [4.69, 9.17) is 0 Å². The van der Waals surface area contributed by atoms with E-state index in [0.29, 0.717) is 11.6 Å². The number of hydrogen-bond acceptors (Lipinski definition) is 1. The second-order valence-corrected chi connectivity index (χ2v) is 5.69. The standard InChI is InChI=1S/C15H18F3N/c16-15(17,18)12-8-4-7-11-9-13(19-14(11)12)10-5-2-1-3-6-10/h4,7-8,10,13,19H,1-3,5-6,9H2. The van der Waals surface area contributed by atoms with E-state index < -0.39 is 11.7 Å². The van der Waals surface area contributed by atoms with Crippen molar-refractivity contribution in [1.82, 2.24) is 0 Å². The molecule has 1 N–H and O–H groups in total. The lowest BCUT2D eigenvalue weighted by Crippen LogP contribution is -2.28. The predicted octanol–water partition coefficient (Wildman–Crippen LogP) is 4.62. The first kappa shape index (κ1) is 12.8. The van der Waals surface area contributed by atoms with Gasteiger partial charge in [-0.3, -0.25) is 0 Å². The Bertz CT molecular complexity index is 461. The van der Waals surface area contributed by atoms with Crippen molar-refractivity contribution in [1.29, 1.82) is 0 Å². The Morgan fingerprint density at radius 3 is 2.47 bits per heavy atom. The van der Waals surface area contributed by atoms with Gasteiger partial charge >= 0.3 is 6.18 Å². The summed E-state index contributed by atoms with van der Waals surface area (Å²) in [5, 5.41) is 3.16. The Labute approximate surface area is 111 Å². The average Bonchev–Trinajstić information content (AvgIpc) is 2.82. The third kappa shape index (κ3) is 2.45. The van der Waals surface area contributed by atoms with Crippen molar-refractivity contribution in [3.63, 3.8) is 0 Å². The molecule has 1 fully saturated rings. The highest BCUT2D eigenvalue weighted by atomic mass is 19.4. The minimum Gasteiger partial charge on any atom is -0.381 e. The van der Waals surface area contributed by atoms with E-state index >= 15 is 0 Å². The minimum atomic E-state index is -4.26. The van der Waals surface area contributed by atoms with Crippen LogP contribution in [0.5, 0.6) is 0 Å². The second-order valence-electron chi connectivity index (χ2n) is 5.69. The van der Waals surface area contributed by atoms with Gasteiger partial charge in [-0.2, -0.15) is 13.2 Å². The third-order valence-electron chi connectivity index (χ3n) is 4.44. The van der Waals surface area contributed by atoms with Crippen LogP contribution in [-0.4, -0.2) is 6.04 Å². The van der Waals surface area contributed by atoms with Crippen molar-refractivity contribution >= 4 is 5.69 Å². The number of benzene rings is 1. The van der Waals surface area contributed by atoms with Crippen LogP contribution in [0, 0.1) is 5.92 Å². The number of anilines is 1. The van der Waals surface area contributed by atoms with Gasteiger partial charge in [-0.15, -0.1) is 0 Å². The van der Waals surface area contributed by atoms with Gasteiger partial charge in [-0.25, -0.2) is 0 Å². The van der Waals surface area contributed by atoms with E-state index in [0.717, 1.165) is 24.8 Å². The van der Waals surface area contributed by atoms with E-state index in [1.807, 2.05) is 6.07 Å². The van der Waals surface area contributed by atoms with Gasteiger partial charge in [-0.1, -0.05) is 31.4 Å². The monoisotopic (exact) mass is 269 g/mol. The second kappa shape index (κ2) is 4.73. The van der Waals surface area contributed by atoms with Crippen molar-refractivity contribution in [2.24, 2.45) is 5.92 Å². The first-order valence-electron chi connectivity index (χ1n) is 7.01. The summed E-state index contributed by atoms with van der Waals surface area (Å²) in [6.07, 6.45) is 2.46. The van der Waals surface area contributed by atoms with Crippen molar-refractivity contribution < 1.29 is 13.2 Å². The van der Waals surface area contributed by atoms with Gasteiger partial charge in [-0.05, 0) is 36.8 Å². The number of rotatable bonds is 1. The van der Waals surface area contributed by atoms with Gasteiger partial charge < -0.3 is 5.32 Å². The largest absolute Gasteiger partial charge is 0.418 e. The lowest BCUT2D eigenvalue weighted by Gasteiger charge is -2.28. The van der Waals surface area contributed by atoms with Crippen LogP contribution in [-0.2, 0) is 12.6 Å². The van der Waals surface area contributed by atoms with Crippen LogP contribution in [0.4, 0.5) is 18.9 Å². The molecular weight excluding hydrogens is 251 g/mol. The molecule has 3 rings (SSSR count). The maximum atomic E-state index is 13.0. The molecule has 0 aromatic heterocycles. The Morgan fingerprint density at radius 2 is 1.79 bits per heavy atom. The van der Waals surface area contributed by atoms with Crippen LogP contribution >= 0.6 is 0 Å². The van der Waals surface area contributed by atoms with Crippen molar-refractivity contribution in [2.75, 3.05) is 5.32 Å². The van der Waals surface area contributed by atoms with Crippen molar-refractivity contribution in [3.8, 4) is 0 Å². The first-order chi connectivity index (χ1) is 9.05. The molecule has 0 amide bonds. The smallest absolute Gasteiger partial charge is 0.381 e. The van der Waals surface area contributed by atoms with Gasteiger partial charge in [0.15, 0.2) is 0 Å². The molecule has 0 radical (unpaired) electrons. The van der Waals surface area contributed by atoms with E-state index in [1.54, 1.807) is 0 Å². The van der Waals surface area contributed by atoms with Gasteiger partial charge in [0.25, 0.3) is 0 Å².